The molecular formula is C21H23FN6O2. The number of nitrogens with zero attached hydrogens (tertiary/aromatic N) is 4. The second-order valence-electron chi connectivity index (χ2n) is 6.90. The minimum Gasteiger partial charge on any atom is -0.342 e. The molecule has 8 nitrogen and oxygen atoms in total. The van der Waals surface area contributed by atoms with Crippen molar-refractivity contribution in [2.24, 2.45) is 0 Å². The van der Waals surface area contributed by atoms with E-state index in [1.165, 1.54) is 6.39 Å². The molecule has 1 atom stereocenters. The van der Waals surface area contributed by atoms with Crippen LogP contribution in [0.2, 0.25) is 0 Å². The van der Waals surface area contributed by atoms with Crippen LogP contribution in [0.3, 0.4) is 0 Å². The third-order valence-corrected chi connectivity index (χ3v) is 4.76. The Balaban J connectivity index is 0.000000338. The molecule has 1 amide bonds. The molecule has 9 heteroatoms. The molecule has 1 aromatic carbocycles. The molecule has 0 spiro atoms. The molecule has 1 saturated heterocycles. The second-order valence-corrected chi connectivity index (χ2v) is 6.90. The fourth-order valence-electron chi connectivity index (χ4n) is 3.10. The van der Waals surface area contributed by atoms with Crippen molar-refractivity contribution >= 4 is 17.2 Å². The highest BCUT2D eigenvalue weighted by atomic mass is 19.1. The van der Waals surface area contributed by atoms with Gasteiger partial charge in [-0.1, -0.05) is 23.4 Å². The Hall–Kier alpha value is -3.59. The van der Waals surface area contributed by atoms with Gasteiger partial charge in [-0.2, -0.15) is 4.98 Å². The van der Waals surface area contributed by atoms with E-state index in [0.717, 1.165) is 23.3 Å². The maximum absolute atomic E-state index is 12.6. The molecule has 1 aliphatic rings. The van der Waals surface area contributed by atoms with Gasteiger partial charge in [0.2, 0.25) is 12.2 Å². The quantitative estimate of drug-likeness (QED) is 0.536. The smallest absolute Gasteiger partial charge is 0.274 e. The SMILES string of the molecule is Cc1ccc(-c2ncon2)cc1NC(=O)c1cnc2ccccn12.F[C@@H]1CCNC1.[HH]. The number of hydrogen-bond acceptors (Lipinski definition) is 6. The topological polar surface area (TPSA) is 97.4 Å². The van der Waals surface area contributed by atoms with Crippen molar-refractivity contribution in [2.75, 3.05) is 18.4 Å². The van der Waals surface area contributed by atoms with Crippen molar-refractivity contribution in [1.82, 2.24) is 24.8 Å². The van der Waals surface area contributed by atoms with Gasteiger partial charge >= 0.3 is 0 Å². The van der Waals surface area contributed by atoms with Gasteiger partial charge in [-0.3, -0.25) is 9.20 Å². The van der Waals surface area contributed by atoms with E-state index in [0.29, 0.717) is 30.2 Å². The number of halogens is 1. The van der Waals surface area contributed by atoms with Crippen LogP contribution in [0.4, 0.5) is 10.1 Å². The molecule has 5 rings (SSSR count). The zero-order valence-electron chi connectivity index (χ0n) is 16.4. The van der Waals surface area contributed by atoms with Gasteiger partial charge in [0.05, 0.1) is 6.20 Å². The Morgan fingerprint density at radius 2 is 2.23 bits per heavy atom. The number of imidazole rings is 1. The van der Waals surface area contributed by atoms with Crippen molar-refractivity contribution in [3.8, 4) is 11.4 Å². The number of rotatable bonds is 3. The summed E-state index contributed by atoms with van der Waals surface area (Å²) in [4.78, 5) is 20.9. The molecule has 4 aromatic rings. The zero-order chi connectivity index (χ0) is 20.9. The van der Waals surface area contributed by atoms with Crippen LogP contribution in [0.5, 0.6) is 0 Å². The second kappa shape index (κ2) is 8.83. The number of anilines is 1. The van der Waals surface area contributed by atoms with Crippen LogP contribution >= 0.6 is 0 Å². The summed E-state index contributed by atoms with van der Waals surface area (Å²) < 4.78 is 18.4. The molecule has 0 saturated carbocycles. The van der Waals surface area contributed by atoms with E-state index in [9.17, 15) is 9.18 Å². The van der Waals surface area contributed by atoms with E-state index >= 15 is 0 Å². The molecule has 1 aliphatic heterocycles. The van der Waals surface area contributed by atoms with Gasteiger partial charge in [0.1, 0.15) is 17.5 Å². The normalized spacial score (nSPS) is 15.6. The van der Waals surface area contributed by atoms with Gasteiger partial charge in [-0.15, -0.1) is 0 Å². The van der Waals surface area contributed by atoms with Crippen LogP contribution in [0.1, 0.15) is 23.9 Å². The van der Waals surface area contributed by atoms with Crippen LogP contribution in [-0.4, -0.2) is 44.7 Å². The van der Waals surface area contributed by atoms with Gasteiger partial charge in [0.15, 0.2) is 0 Å². The van der Waals surface area contributed by atoms with Crippen LogP contribution in [0.25, 0.3) is 17.0 Å². The lowest BCUT2D eigenvalue weighted by Crippen LogP contribution is -2.15. The fraction of sp³-hybridized carbons (Fsp3) is 0.238. The molecule has 0 bridgehead atoms. The lowest BCUT2D eigenvalue weighted by Gasteiger charge is -2.09. The highest BCUT2D eigenvalue weighted by Crippen LogP contribution is 2.23. The van der Waals surface area contributed by atoms with Crippen LogP contribution in [0.15, 0.2) is 59.7 Å². The van der Waals surface area contributed by atoms with Gasteiger partial charge in [-0.05, 0) is 43.7 Å². The summed E-state index contributed by atoms with van der Waals surface area (Å²) in [5.41, 5.74) is 3.58. The molecule has 0 aliphatic carbocycles. The standard InChI is InChI=1S/C17H13N5O2.C4H8FN.H2/c1-11-5-6-12(16-19-10-24-21-16)8-13(11)20-17(23)14-9-18-15-4-2-3-7-22(14)15;5-4-1-2-6-3-4;/h2-10H,1H3,(H,20,23);4,6H,1-3H2;1H/t;4-;/m.1./s1. The summed E-state index contributed by atoms with van der Waals surface area (Å²) in [6.07, 6.45) is 4.78. The lowest BCUT2D eigenvalue weighted by molar-refractivity contribution is 0.102. The predicted molar refractivity (Wildman–Crippen MR) is 112 cm³/mol. The van der Waals surface area contributed by atoms with Crippen molar-refractivity contribution in [2.45, 2.75) is 19.5 Å². The number of carbonyl (C=O) groups is 1. The summed E-state index contributed by atoms with van der Waals surface area (Å²) in [6, 6.07) is 11.2. The highest BCUT2D eigenvalue weighted by molar-refractivity contribution is 6.04. The molecule has 0 radical (unpaired) electrons. The first-order chi connectivity index (χ1) is 14.6. The molecule has 30 heavy (non-hydrogen) atoms. The minimum absolute atomic E-state index is 0. The average molecular weight is 410 g/mol. The van der Waals surface area contributed by atoms with Crippen molar-refractivity contribution in [3.05, 3.63) is 66.4 Å². The Kier molecular flexibility index (Phi) is 5.80. The number of pyridine rings is 1. The largest absolute Gasteiger partial charge is 0.342 e. The molecule has 4 heterocycles. The lowest BCUT2D eigenvalue weighted by atomic mass is 10.1. The number of aryl methyl sites for hydroxylation is 1. The Morgan fingerprint density at radius 3 is 2.93 bits per heavy atom. The van der Waals surface area contributed by atoms with E-state index in [4.69, 9.17) is 4.52 Å². The summed E-state index contributed by atoms with van der Waals surface area (Å²) in [5.74, 6) is 0.238. The maximum atomic E-state index is 12.6. The Bertz CT molecular complexity index is 1140. The van der Waals surface area contributed by atoms with Gasteiger partial charge in [0.25, 0.3) is 5.91 Å². The maximum Gasteiger partial charge on any atom is 0.274 e. The van der Waals surface area contributed by atoms with E-state index in [1.807, 2.05) is 43.3 Å². The number of hydrogen-bond donors (Lipinski definition) is 2. The fourth-order valence-corrected chi connectivity index (χ4v) is 3.10. The summed E-state index contributed by atoms with van der Waals surface area (Å²) in [7, 11) is 0. The van der Waals surface area contributed by atoms with Crippen LogP contribution in [-0.2, 0) is 0 Å². The summed E-state index contributed by atoms with van der Waals surface area (Å²) in [6.45, 7) is 3.35. The van der Waals surface area contributed by atoms with Crippen molar-refractivity contribution < 1.29 is 15.1 Å². The Morgan fingerprint density at radius 1 is 1.33 bits per heavy atom. The first-order valence-electron chi connectivity index (χ1n) is 9.57. The third kappa shape index (κ3) is 4.36. The van der Waals surface area contributed by atoms with Gasteiger partial charge < -0.3 is 15.2 Å². The number of nitrogens with one attached hydrogen (secondary N) is 2. The molecule has 3 aromatic heterocycles. The molecule has 2 N–H and O–H groups in total. The number of fused-ring (bicyclic) bond motifs is 1. The number of amides is 1. The first-order valence-corrected chi connectivity index (χ1v) is 9.57. The van der Waals surface area contributed by atoms with Gasteiger partial charge in [-0.25, -0.2) is 9.37 Å². The van der Waals surface area contributed by atoms with E-state index in [1.54, 1.807) is 16.8 Å². The van der Waals surface area contributed by atoms with Crippen LogP contribution in [0, 0.1) is 6.92 Å². The molecule has 0 unspecified atom stereocenters. The van der Waals surface area contributed by atoms with E-state index in [-0.39, 0.29) is 7.33 Å². The summed E-state index contributed by atoms with van der Waals surface area (Å²) >= 11 is 0. The Labute approximate surface area is 173 Å². The number of aromatic nitrogens is 4. The number of carbonyl (C=O) groups excluding carboxylic acids is 1. The monoisotopic (exact) mass is 410 g/mol. The molecular weight excluding hydrogens is 387 g/mol. The predicted octanol–water partition coefficient (Wildman–Crippen LogP) is 3.51. The average Bonchev–Trinajstić information content (AvgIpc) is 3.52. The zero-order valence-corrected chi connectivity index (χ0v) is 16.4. The molecule has 156 valence electrons. The van der Waals surface area contributed by atoms with Crippen LogP contribution < -0.4 is 10.6 Å². The van der Waals surface area contributed by atoms with Gasteiger partial charge in [0, 0.05) is 25.4 Å². The van der Waals surface area contributed by atoms with Crippen molar-refractivity contribution in [3.63, 3.8) is 0 Å². The third-order valence-electron chi connectivity index (χ3n) is 4.76. The van der Waals surface area contributed by atoms with Crippen molar-refractivity contribution in [1.29, 1.82) is 0 Å². The number of alkyl halides is 1. The summed E-state index contributed by atoms with van der Waals surface area (Å²) in [5, 5.41) is 9.63. The molecule has 1 fully saturated rings. The highest BCUT2D eigenvalue weighted by Gasteiger charge is 2.14. The van der Waals surface area contributed by atoms with E-state index in [2.05, 4.69) is 25.8 Å². The first kappa shape index (κ1) is 19.7. The minimum atomic E-state index is -0.565. The number of benzene rings is 1. The van der Waals surface area contributed by atoms with E-state index < -0.39 is 6.17 Å².